The maximum absolute atomic E-state index is 13.5. The molecule has 9 heteroatoms. The lowest BCUT2D eigenvalue weighted by Crippen LogP contribution is -2.31. The zero-order valence-electron chi connectivity index (χ0n) is 14.9. The number of hydrogen-bond acceptors (Lipinski definition) is 6. The molecule has 0 unspecified atom stereocenters. The van der Waals surface area contributed by atoms with Crippen molar-refractivity contribution in [1.82, 2.24) is 5.32 Å². The van der Waals surface area contributed by atoms with E-state index >= 15 is 0 Å². The molecule has 0 bridgehead atoms. The second-order valence-electron chi connectivity index (χ2n) is 6.67. The molecule has 27 heavy (non-hydrogen) atoms. The summed E-state index contributed by atoms with van der Waals surface area (Å²) in [5.41, 5.74) is 0.297. The summed E-state index contributed by atoms with van der Waals surface area (Å²) in [6.07, 6.45) is -0.0954. The zero-order valence-corrected chi connectivity index (χ0v) is 14.9. The van der Waals surface area contributed by atoms with Gasteiger partial charge in [-0.3, -0.25) is 24.5 Å². The summed E-state index contributed by atoms with van der Waals surface area (Å²) in [5.74, 6) is -3.49. The number of nitrogens with one attached hydrogen (secondary N) is 1. The van der Waals surface area contributed by atoms with Crippen molar-refractivity contribution in [2.75, 3.05) is 13.2 Å². The van der Waals surface area contributed by atoms with Gasteiger partial charge in [0.25, 0.3) is 5.91 Å². The lowest BCUT2D eigenvalue weighted by atomic mass is 9.88. The van der Waals surface area contributed by atoms with Crippen molar-refractivity contribution in [3.8, 4) is 0 Å². The Labute approximate surface area is 155 Å². The van der Waals surface area contributed by atoms with E-state index in [0.717, 1.165) is 0 Å². The average molecular weight is 380 g/mol. The number of ketones is 1. The number of nitro groups is 1. The standard InChI is InChI=1S/C18H21FN2O6/c1-11-6-16(22)13(14(11)9-21(25)26)7-18(24)27-10-17(23)20-8-12-4-2-3-5-15(12)19/h2-5,11,13-14H,6-10H2,1H3,(H,20,23)/t11-,13-,14-/m1/s1. The van der Waals surface area contributed by atoms with Crippen LogP contribution in [0.1, 0.15) is 25.3 Å². The van der Waals surface area contributed by atoms with Crippen molar-refractivity contribution < 1.29 is 28.4 Å². The predicted octanol–water partition coefficient (Wildman–Crippen LogP) is 1.49. The van der Waals surface area contributed by atoms with Crippen LogP contribution in [0.2, 0.25) is 0 Å². The number of nitrogens with zero attached hydrogens (tertiary/aromatic N) is 1. The monoisotopic (exact) mass is 380 g/mol. The van der Waals surface area contributed by atoms with Gasteiger partial charge in [-0.15, -0.1) is 0 Å². The molecule has 0 spiro atoms. The quantitative estimate of drug-likeness (QED) is 0.415. The molecule has 2 rings (SSSR count). The molecular formula is C18H21FN2O6. The Morgan fingerprint density at radius 3 is 2.74 bits per heavy atom. The summed E-state index contributed by atoms with van der Waals surface area (Å²) in [7, 11) is 0. The van der Waals surface area contributed by atoms with E-state index in [0.29, 0.717) is 5.56 Å². The zero-order chi connectivity index (χ0) is 20.0. The number of rotatable bonds is 8. The van der Waals surface area contributed by atoms with E-state index in [9.17, 15) is 28.9 Å². The first-order chi connectivity index (χ1) is 12.8. The lowest BCUT2D eigenvalue weighted by Gasteiger charge is -2.17. The van der Waals surface area contributed by atoms with Crippen LogP contribution in [-0.2, 0) is 25.7 Å². The number of halogens is 1. The Morgan fingerprint density at radius 2 is 2.07 bits per heavy atom. The van der Waals surface area contributed by atoms with E-state index in [4.69, 9.17) is 4.74 Å². The topological polar surface area (TPSA) is 116 Å². The summed E-state index contributed by atoms with van der Waals surface area (Å²) in [6, 6.07) is 5.94. The molecule has 0 aliphatic heterocycles. The summed E-state index contributed by atoms with van der Waals surface area (Å²) >= 11 is 0. The number of Topliss-reactive ketones (excluding diaryl/α,β-unsaturated/α-hetero) is 1. The maximum Gasteiger partial charge on any atom is 0.307 e. The van der Waals surface area contributed by atoms with Gasteiger partial charge >= 0.3 is 5.97 Å². The van der Waals surface area contributed by atoms with Gasteiger partial charge in [0.1, 0.15) is 11.6 Å². The number of ether oxygens (including phenoxy) is 1. The van der Waals surface area contributed by atoms with E-state index < -0.39 is 41.1 Å². The average Bonchev–Trinajstić information content (AvgIpc) is 2.85. The van der Waals surface area contributed by atoms with Crippen LogP contribution in [0.25, 0.3) is 0 Å². The molecule has 146 valence electrons. The van der Waals surface area contributed by atoms with Crippen LogP contribution in [0.5, 0.6) is 0 Å². The first kappa shape index (κ1) is 20.5. The van der Waals surface area contributed by atoms with Gasteiger partial charge in [-0.2, -0.15) is 0 Å². The van der Waals surface area contributed by atoms with Crippen LogP contribution in [0.4, 0.5) is 4.39 Å². The minimum absolute atomic E-state index is 0.0490. The Kier molecular flexibility index (Phi) is 6.98. The van der Waals surface area contributed by atoms with Crippen molar-refractivity contribution in [2.24, 2.45) is 17.8 Å². The molecule has 1 saturated carbocycles. The van der Waals surface area contributed by atoms with Crippen LogP contribution in [-0.4, -0.2) is 35.7 Å². The molecule has 1 N–H and O–H groups in total. The molecule has 0 radical (unpaired) electrons. The van der Waals surface area contributed by atoms with E-state index in [2.05, 4.69) is 5.32 Å². The fraction of sp³-hybridized carbons (Fsp3) is 0.500. The molecule has 1 amide bonds. The first-order valence-corrected chi connectivity index (χ1v) is 8.58. The van der Waals surface area contributed by atoms with Gasteiger partial charge in [-0.05, 0) is 12.0 Å². The Morgan fingerprint density at radius 1 is 1.37 bits per heavy atom. The SMILES string of the molecule is C[C@@H]1CC(=O)[C@H](CC(=O)OCC(=O)NCc2ccccc2F)[C@@H]1C[N+](=O)[O-]. The first-order valence-electron chi connectivity index (χ1n) is 8.58. The number of hydrogen-bond donors (Lipinski definition) is 1. The van der Waals surface area contributed by atoms with Crippen molar-refractivity contribution in [3.63, 3.8) is 0 Å². The molecule has 1 aromatic carbocycles. The van der Waals surface area contributed by atoms with Gasteiger partial charge in [0.05, 0.1) is 6.42 Å². The number of carbonyl (C=O) groups is 3. The third-order valence-corrected chi connectivity index (χ3v) is 4.73. The normalized spacial score (nSPS) is 21.7. The molecule has 0 saturated heterocycles. The third kappa shape index (κ3) is 5.83. The smallest absolute Gasteiger partial charge is 0.307 e. The van der Waals surface area contributed by atoms with Gasteiger partial charge < -0.3 is 10.1 Å². The van der Waals surface area contributed by atoms with Gasteiger partial charge in [0.15, 0.2) is 6.61 Å². The lowest BCUT2D eigenvalue weighted by molar-refractivity contribution is -0.490. The summed E-state index contributed by atoms with van der Waals surface area (Å²) < 4.78 is 18.3. The van der Waals surface area contributed by atoms with Crippen molar-refractivity contribution in [3.05, 3.63) is 45.8 Å². The van der Waals surface area contributed by atoms with E-state index in [1.807, 2.05) is 0 Å². The van der Waals surface area contributed by atoms with Gasteiger partial charge in [-0.25, -0.2) is 4.39 Å². The maximum atomic E-state index is 13.5. The summed E-state index contributed by atoms with van der Waals surface area (Å²) in [6.45, 7) is 0.748. The van der Waals surface area contributed by atoms with Crippen molar-refractivity contribution in [2.45, 2.75) is 26.3 Å². The number of benzene rings is 1. The minimum Gasteiger partial charge on any atom is -0.456 e. The van der Waals surface area contributed by atoms with Crippen LogP contribution in [0, 0.1) is 33.7 Å². The van der Waals surface area contributed by atoms with Crippen molar-refractivity contribution in [1.29, 1.82) is 0 Å². The van der Waals surface area contributed by atoms with Crippen LogP contribution >= 0.6 is 0 Å². The highest BCUT2D eigenvalue weighted by Gasteiger charge is 2.44. The molecular weight excluding hydrogens is 359 g/mol. The Balaban J connectivity index is 1.79. The molecule has 0 aromatic heterocycles. The Hall–Kier alpha value is -2.84. The van der Waals surface area contributed by atoms with Gasteiger partial charge in [0.2, 0.25) is 6.54 Å². The van der Waals surface area contributed by atoms with E-state index in [1.165, 1.54) is 18.2 Å². The van der Waals surface area contributed by atoms with E-state index in [1.54, 1.807) is 13.0 Å². The van der Waals surface area contributed by atoms with Crippen molar-refractivity contribution >= 4 is 17.7 Å². The van der Waals surface area contributed by atoms with E-state index in [-0.39, 0.29) is 37.6 Å². The van der Waals surface area contributed by atoms with Crippen LogP contribution in [0.3, 0.4) is 0 Å². The molecule has 1 aliphatic rings. The molecule has 8 nitrogen and oxygen atoms in total. The fourth-order valence-corrected chi connectivity index (χ4v) is 3.27. The second kappa shape index (κ2) is 9.20. The summed E-state index contributed by atoms with van der Waals surface area (Å²) in [4.78, 5) is 45.9. The highest BCUT2D eigenvalue weighted by Crippen LogP contribution is 2.36. The summed E-state index contributed by atoms with van der Waals surface area (Å²) in [5, 5.41) is 13.2. The van der Waals surface area contributed by atoms with Gasteiger partial charge in [0, 0.05) is 35.3 Å². The van der Waals surface area contributed by atoms with Crippen LogP contribution in [0.15, 0.2) is 24.3 Å². The molecule has 1 fully saturated rings. The highest BCUT2D eigenvalue weighted by molar-refractivity contribution is 5.88. The fourth-order valence-electron chi connectivity index (χ4n) is 3.27. The molecule has 3 atom stereocenters. The van der Waals surface area contributed by atoms with Crippen LogP contribution < -0.4 is 5.32 Å². The number of carbonyl (C=O) groups excluding carboxylic acids is 3. The molecule has 1 aromatic rings. The molecule has 0 heterocycles. The molecule has 1 aliphatic carbocycles. The Bertz CT molecular complexity index is 738. The highest BCUT2D eigenvalue weighted by atomic mass is 19.1. The second-order valence-corrected chi connectivity index (χ2v) is 6.67. The minimum atomic E-state index is -0.767. The number of esters is 1. The number of amides is 1. The van der Waals surface area contributed by atoms with Gasteiger partial charge in [-0.1, -0.05) is 25.1 Å². The third-order valence-electron chi connectivity index (χ3n) is 4.73. The predicted molar refractivity (Wildman–Crippen MR) is 91.5 cm³/mol. The largest absolute Gasteiger partial charge is 0.456 e.